The van der Waals surface area contributed by atoms with Gasteiger partial charge in [-0.05, 0) is 36.4 Å². The Labute approximate surface area is 245 Å². The zero-order valence-electron chi connectivity index (χ0n) is 23.2. The van der Waals surface area contributed by atoms with Crippen LogP contribution in [0, 0.1) is 5.92 Å². The zero-order valence-corrected chi connectivity index (χ0v) is 24.0. The molecule has 7 heteroatoms. The number of likely N-dealkylation sites (N-methyl/N-ethyl adjacent to an activating group) is 1. The van der Waals surface area contributed by atoms with Crippen molar-refractivity contribution >= 4 is 29.0 Å². The van der Waals surface area contributed by atoms with Crippen LogP contribution in [-0.4, -0.2) is 44.4 Å². The second-order valence-corrected chi connectivity index (χ2v) is 11.0. The van der Waals surface area contributed by atoms with Crippen LogP contribution in [0.5, 0.6) is 11.5 Å². The average Bonchev–Trinajstić information content (AvgIpc) is 3.45. The molecule has 3 unspecified atom stereocenters. The number of carbonyl (C=O) groups excluding carboxylic acids is 2. The first kappa shape index (κ1) is 27.1. The maximum Gasteiger partial charge on any atom is 0.253 e. The van der Waals surface area contributed by atoms with Crippen LogP contribution in [0.4, 0.5) is 5.69 Å². The van der Waals surface area contributed by atoms with Gasteiger partial charge in [-0.1, -0.05) is 84.4 Å². The predicted octanol–water partition coefficient (Wildman–Crippen LogP) is 6.33. The monoisotopic (exact) mass is 566 g/mol. The van der Waals surface area contributed by atoms with Crippen molar-refractivity contribution in [1.29, 1.82) is 0 Å². The highest BCUT2D eigenvalue weighted by molar-refractivity contribution is 6.31. The van der Waals surface area contributed by atoms with E-state index in [9.17, 15) is 9.59 Å². The molecule has 4 aromatic carbocycles. The maximum absolute atomic E-state index is 14.9. The molecular formula is C34H31ClN2O4. The highest BCUT2D eigenvalue weighted by atomic mass is 35.5. The number of halogens is 1. The molecule has 4 aromatic rings. The van der Waals surface area contributed by atoms with E-state index in [1.807, 2.05) is 104 Å². The zero-order chi connectivity index (χ0) is 28.7. The number of methoxy groups -OCH3 is 2. The summed E-state index contributed by atoms with van der Waals surface area (Å²) in [6.45, 7) is 0.778. The van der Waals surface area contributed by atoms with E-state index in [0.29, 0.717) is 35.2 Å². The fraction of sp³-hybridized carbons (Fsp3) is 0.235. The Bertz CT molecular complexity index is 1620. The van der Waals surface area contributed by atoms with Gasteiger partial charge < -0.3 is 14.4 Å². The number of carbonyl (C=O) groups is 2. The second kappa shape index (κ2) is 10.7. The third kappa shape index (κ3) is 4.21. The number of Topliss-reactive ketones (excluding diaryl/α,β-unsaturated/α-hetero) is 1. The van der Waals surface area contributed by atoms with Gasteiger partial charge >= 0.3 is 0 Å². The van der Waals surface area contributed by atoms with Gasteiger partial charge in [-0.25, -0.2) is 0 Å². The van der Waals surface area contributed by atoms with Crippen molar-refractivity contribution < 1.29 is 19.1 Å². The van der Waals surface area contributed by atoms with Gasteiger partial charge in [0, 0.05) is 40.4 Å². The number of nitrogens with zero attached hydrogens (tertiary/aromatic N) is 2. The first-order chi connectivity index (χ1) is 19.9. The minimum atomic E-state index is -1.22. The number of para-hydroxylation sites is 1. The molecule has 6 rings (SSSR count). The lowest BCUT2D eigenvalue weighted by molar-refractivity contribution is -0.129. The summed E-state index contributed by atoms with van der Waals surface area (Å²) in [7, 11) is 5.16. The molecule has 1 spiro atoms. The number of amides is 1. The molecule has 0 aliphatic carbocycles. The van der Waals surface area contributed by atoms with Crippen molar-refractivity contribution in [2.75, 3.05) is 32.7 Å². The van der Waals surface area contributed by atoms with E-state index in [0.717, 1.165) is 22.4 Å². The molecule has 0 saturated carbocycles. The summed E-state index contributed by atoms with van der Waals surface area (Å²) in [6, 6.07) is 30.3. The summed E-state index contributed by atoms with van der Waals surface area (Å²) in [6.07, 6.45) is 0. The van der Waals surface area contributed by atoms with Crippen LogP contribution < -0.4 is 14.4 Å². The number of hydrogen-bond acceptors (Lipinski definition) is 5. The molecule has 2 heterocycles. The Kier molecular flexibility index (Phi) is 7.06. The van der Waals surface area contributed by atoms with Gasteiger partial charge in [-0.3, -0.25) is 14.5 Å². The Morgan fingerprint density at radius 3 is 2.37 bits per heavy atom. The van der Waals surface area contributed by atoms with E-state index in [-0.39, 0.29) is 17.6 Å². The Morgan fingerprint density at radius 1 is 0.927 bits per heavy atom. The molecule has 208 valence electrons. The molecule has 1 saturated heterocycles. The normalized spacial score (nSPS) is 21.8. The number of benzene rings is 4. The first-order valence-electron chi connectivity index (χ1n) is 13.6. The Hall–Kier alpha value is -4.13. The molecule has 0 aromatic heterocycles. The predicted molar refractivity (Wildman–Crippen MR) is 160 cm³/mol. The number of anilines is 1. The van der Waals surface area contributed by atoms with Crippen molar-refractivity contribution in [3.8, 4) is 11.5 Å². The molecule has 0 N–H and O–H groups in total. The van der Waals surface area contributed by atoms with Crippen LogP contribution >= 0.6 is 11.6 Å². The lowest BCUT2D eigenvalue weighted by atomic mass is 9.70. The van der Waals surface area contributed by atoms with Crippen LogP contribution in [0.3, 0.4) is 0 Å². The van der Waals surface area contributed by atoms with Gasteiger partial charge in [-0.15, -0.1) is 0 Å². The summed E-state index contributed by atoms with van der Waals surface area (Å²) < 4.78 is 11.3. The summed E-state index contributed by atoms with van der Waals surface area (Å²) in [5.74, 6) is 0.0157. The number of ether oxygens (including phenoxy) is 2. The largest absolute Gasteiger partial charge is 0.497 e. The van der Waals surface area contributed by atoms with Crippen molar-refractivity contribution in [1.82, 2.24) is 4.90 Å². The van der Waals surface area contributed by atoms with Crippen LogP contribution in [-0.2, 0) is 16.9 Å². The van der Waals surface area contributed by atoms with Gasteiger partial charge in [-0.2, -0.15) is 0 Å². The smallest absolute Gasteiger partial charge is 0.253 e. The molecule has 41 heavy (non-hydrogen) atoms. The molecule has 6 nitrogen and oxygen atoms in total. The van der Waals surface area contributed by atoms with Crippen LogP contribution in [0.2, 0.25) is 5.02 Å². The van der Waals surface area contributed by atoms with Crippen molar-refractivity contribution in [2.24, 2.45) is 5.92 Å². The topological polar surface area (TPSA) is 59.1 Å². The van der Waals surface area contributed by atoms with E-state index in [2.05, 4.69) is 4.90 Å². The number of ketones is 1. The Balaban J connectivity index is 1.56. The van der Waals surface area contributed by atoms with Crippen molar-refractivity contribution in [3.63, 3.8) is 0 Å². The lowest BCUT2D eigenvalue weighted by Crippen LogP contribution is -2.53. The molecule has 1 amide bonds. The molecule has 2 aliphatic heterocycles. The number of fused-ring (bicyclic) bond motifs is 2. The quantitative estimate of drug-likeness (QED) is 0.245. The Morgan fingerprint density at radius 2 is 1.63 bits per heavy atom. The fourth-order valence-electron chi connectivity index (χ4n) is 6.72. The highest BCUT2D eigenvalue weighted by Crippen LogP contribution is 2.58. The maximum atomic E-state index is 14.9. The van der Waals surface area contributed by atoms with Crippen molar-refractivity contribution in [2.45, 2.75) is 18.0 Å². The SMILES string of the molecule is COc1ccc(C2CN(C)C3(C(=O)N(Cc4ccccc4Cl)c4ccccc43)C2C(=O)c2ccccc2)c(OC)c1. The van der Waals surface area contributed by atoms with Gasteiger partial charge in [0.05, 0.1) is 26.7 Å². The molecule has 0 radical (unpaired) electrons. The van der Waals surface area contributed by atoms with Crippen LogP contribution in [0.15, 0.2) is 97.1 Å². The minimum Gasteiger partial charge on any atom is -0.497 e. The van der Waals surface area contributed by atoms with Crippen molar-refractivity contribution in [3.05, 3.63) is 124 Å². The summed E-state index contributed by atoms with van der Waals surface area (Å²) in [4.78, 5) is 33.4. The lowest BCUT2D eigenvalue weighted by Gasteiger charge is -2.36. The average molecular weight is 567 g/mol. The van der Waals surface area contributed by atoms with Gasteiger partial charge in [0.15, 0.2) is 5.78 Å². The fourth-order valence-corrected chi connectivity index (χ4v) is 6.91. The molecule has 1 fully saturated rings. The third-order valence-electron chi connectivity index (χ3n) is 8.57. The standard InChI is InChI=1S/C34H31ClN2O4/c1-36-21-26(25-18-17-24(40-2)19-30(25)41-3)31(32(38)22-11-5-4-6-12-22)34(36)27-14-8-10-16-29(27)37(33(34)39)20-23-13-7-9-15-28(23)35/h4-19,26,31H,20-21H2,1-3H3. The molecule has 3 atom stereocenters. The number of rotatable bonds is 7. The molecule has 2 aliphatic rings. The first-order valence-corrected chi connectivity index (χ1v) is 14.0. The second-order valence-electron chi connectivity index (χ2n) is 10.6. The number of likely N-dealkylation sites (tertiary alicyclic amines) is 1. The highest BCUT2D eigenvalue weighted by Gasteiger charge is 2.66. The summed E-state index contributed by atoms with van der Waals surface area (Å²) in [5.41, 5.74) is 2.66. The summed E-state index contributed by atoms with van der Waals surface area (Å²) >= 11 is 6.55. The summed E-state index contributed by atoms with van der Waals surface area (Å²) in [5, 5.41) is 0.594. The molecule has 0 bridgehead atoms. The van der Waals surface area contributed by atoms with E-state index in [1.54, 1.807) is 19.1 Å². The van der Waals surface area contributed by atoms with Crippen LogP contribution in [0.1, 0.15) is 33.0 Å². The van der Waals surface area contributed by atoms with E-state index < -0.39 is 11.5 Å². The molecular weight excluding hydrogens is 536 g/mol. The van der Waals surface area contributed by atoms with Gasteiger partial charge in [0.2, 0.25) is 0 Å². The minimum absolute atomic E-state index is 0.0828. The van der Waals surface area contributed by atoms with Crippen LogP contribution in [0.25, 0.3) is 0 Å². The van der Waals surface area contributed by atoms with Gasteiger partial charge in [0.25, 0.3) is 5.91 Å². The van der Waals surface area contributed by atoms with E-state index >= 15 is 0 Å². The van der Waals surface area contributed by atoms with E-state index in [4.69, 9.17) is 21.1 Å². The van der Waals surface area contributed by atoms with Gasteiger partial charge in [0.1, 0.15) is 17.0 Å². The van der Waals surface area contributed by atoms with E-state index in [1.165, 1.54) is 0 Å². The number of hydrogen-bond donors (Lipinski definition) is 0. The third-order valence-corrected chi connectivity index (χ3v) is 8.94.